The van der Waals surface area contributed by atoms with Gasteiger partial charge in [-0.25, -0.2) is 4.39 Å². The van der Waals surface area contributed by atoms with E-state index in [0.29, 0.717) is 5.69 Å². The molecule has 0 saturated carbocycles. The zero-order chi connectivity index (χ0) is 17.7. The molecule has 0 saturated heterocycles. The quantitative estimate of drug-likeness (QED) is 0.787. The van der Waals surface area contributed by atoms with Gasteiger partial charge in [-0.05, 0) is 43.7 Å². The number of carbonyl (C=O) groups is 2. The SMILES string of the molecule is CC(=O)Nc1cc(NCC(=O)Nc2ccc(C)cc2C)ccc1F. The van der Waals surface area contributed by atoms with Crippen LogP contribution in [-0.2, 0) is 9.59 Å². The zero-order valence-corrected chi connectivity index (χ0v) is 13.9. The van der Waals surface area contributed by atoms with E-state index in [1.54, 1.807) is 0 Å². The van der Waals surface area contributed by atoms with E-state index in [9.17, 15) is 14.0 Å². The van der Waals surface area contributed by atoms with Crippen molar-refractivity contribution in [1.29, 1.82) is 0 Å². The van der Waals surface area contributed by atoms with Crippen molar-refractivity contribution >= 4 is 28.9 Å². The van der Waals surface area contributed by atoms with Crippen LogP contribution in [-0.4, -0.2) is 18.4 Å². The van der Waals surface area contributed by atoms with Crippen LogP contribution in [0.3, 0.4) is 0 Å². The maximum absolute atomic E-state index is 13.6. The Hall–Kier alpha value is -2.89. The molecular weight excluding hydrogens is 309 g/mol. The lowest BCUT2D eigenvalue weighted by atomic mass is 10.1. The van der Waals surface area contributed by atoms with E-state index in [4.69, 9.17) is 0 Å². The van der Waals surface area contributed by atoms with Crippen LogP contribution in [0.25, 0.3) is 0 Å². The van der Waals surface area contributed by atoms with Crippen LogP contribution in [0, 0.1) is 19.7 Å². The first-order valence-electron chi connectivity index (χ1n) is 7.53. The van der Waals surface area contributed by atoms with E-state index < -0.39 is 5.82 Å². The molecule has 0 spiro atoms. The molecule has 0 radical (unpaired) electrons. The minimum Gasteiger partial charge on any atom is -0.376 e. The molecular formula is C18H20FN3O2. The summed E-state index contributed by atoms with van der Waals surface area (Å²) in [5.41, 5.74) is 3.47. The summed E-state index contributed by atoms with van der Waals surface area (Å²) in [6, 6.07) is 9.95. The Morgan fingerprint density at radius 3 is 2.42 bits per heavy atom. The molecule has 0 aliphatic rings. The summed E-state index contributed by atoms with van der Waals surface area (Å²) in [7, 11) is 0. The highest BCUT2D eigenvalue weighted by Gasteiger charge is 2.08. The second-order valence-electron chi connectivity index (χ2n) is 5.60. The summed E-state index contributed by atoms with van der Waals surface area (Å²) < 4.78 is 13.6. The monoisotopic (exact) mass is 329 g/mol. The zero-order valence-electron chi connectivity index (χ0n) is 13.9. The van der Waals surface area contributed by atoms with Gasteiger partial charge in [-0.15, -0.1) is 0 Å². The fourth-order valence-electron chi connectivity index (χ4n) is 2.25. The number of halogens is 1. The molecule has 0 heterocycles. The normalized spacial score (nSPS) is 10.2. The van der Waals surface area contributed by atoms with Gasteiger partial charge in [0.25, 0.3) is 0 Å². The number of hydrogen-bond acceptors (Lipinski definition) is 3. The third-order valence-electron chi connectivity index (χ3n) is 3.39. The van der Waals surface area contributed by atoms with Crippen LogP contribution < -0.4 is 16.0 Å². The summed E-state index contributed by atoms with van der Waals surface area (Å²) in [4.78, 5) is 23.1. The van der Waals surface area contributed by atoms with Gasteiger partial charge in [0, 0.05) is 18.3 Å². The number of benzene rings is 2. The van der Waals surface area contributed by atoms with Gasteiger partial charge < -0.3 is 16.0 Å². The summed E-state index contributed by atoms with van der Waals surface area (Å²) in [6.07, 6.45) is 0. The molecule has 0 bridgehead atoms. The standard InChI is InChI=1S/C18H20FN3O2/c1-11-4-7-16(12(2)8-11)22-18(24)10-20-14-5-6-15(19)17(9-14)21-13(3)23/h4-9,20H,10H2,1-3H3,(H,21,23)(H,22,24). The molecule has 0 aromatic heterocycles. The molecule has 3 N–H and O–H groups in total. The minimum absolute atomic E-state index is 0.0263. The second-order valence-corrected chi connectivity index (χ2v) is 5.60. The predicted octanol–water partition coefficient (Wildman–Crippen LogP) is 3.45. The molecule has 2 aromatic rings. The third-order valence-corrected chi connectivity index (χ3v) is 3.39. The molecule has 0 aliphatic carbocycles. The molecule has 126 valence electrons. The summed E-state index contributed by atoms with van der Waals surface area (Å²) >= 11 is 0. The molecule has 2 amide bonds. The average molecular weight is 329 g/mol. The van der Waals surface area contributed by atoms with E-state index >= 15 is 0 Å². The number of anilines is 3. The van der Waals surface area contributed by atoms with E-state index in [-0.39, 0.29) is 24.0 Å². The van der Waals surface area contributed by atoms with Gasteiger partial charge in [-0.1, -0.05) is 17.7 Å². The van der Waals surface area contributed by atoms with Crippen LogP contribution in [0.15, 0.2) is 36.4 Å². The van der Waals surface area contributed by atoms with Crippen molar-refractivity contribution in [2.24, 2.45) is 0 Å². The highest BCUT2D eigenvalue weighted by atomic mass is 19.1. The Labute approximate surface area is 140 Å². The molecule has 24 heavy (non-hydrogen) atoms. The molecule has 2 aromatic carbocycles. The second kappa shape index (κ2) is 7.59. The van der Waals surface area contributed by atoms with E-state index in [0.717, 1.165) is 16.8 Å². The number of nitrogens with one attached hydrogen (secondary N) is 3. The number of aryl methyl sites for hydroxylation is 2. The first-order chi connectivity index (χ1) is 11.3. The third kappa shape index (κ3) is 4.81. The summed E-state index contributed by atoms with van der Waals surface area (Å²) in [5.74, 6) is -1.11. The first kappa shape index (κ1) is 17.5. The average Bonchev–Trinajstić information content (AvgIpc) is 2.50. The topological polar surface area (TPSA) is 70.2 Å². The minimum atomic E-state index is -0.532. The largest absolute Gasteiger partial charge is 0.376 e. The first-order valence-corrected chi connectivity index (χ1v) is 7.53. The van der Waals surface area contributed by atoms with Crippen LogP contribution in [0.4, 0.5) is 21.5 Å². The Kier molecular flexibility index (Phi) is 5.52. The number of rotatable bonds is 5. The van der Waals surface area contributed by atoms with Crippen molar-refractivity contribution < 1.29 is 14.0 Å². The highest BCUT2D eigenvalue weighted by Crippen LogP contribution is 2.20. The smallest absolute Gasteiger partial charge is 0.243 e. The van der Waals surface area contributed by atoms with Crippen molar-refractivity contribution in [3.63, 3.8) is 0 Å². The maximum atomic E-state index is 13.6. The van der Waals surface area contributed by atoms with E-state index in [1.165, 1.54) is 25.1 Å². The lowest BCUT2D eigenvalue weighted by molar-refractivity contribution is -0.115. The number of carbonyl (C=O) groups excluding carboxylic acids is 2. The Bertz CT molecular complexity index is 775. The van der Waals surface area contributed by atoms with Crippen molar-refractivity contribution in [1.82, 2.24) is 0 Å². The summed E-state index contributed by atoms with van der Waals surface area (Å²) in [5, 5.41) is 8.13. The van der Waals surface area contributed by atoms with Gasteiger partial charge in [0.15, 0.2) is 0 Å². The molecule has 0 fully saturated rings. The highest BCUT2D eigenvalue weighted by molar-refractivity contribution is 5.94. The van der Waals surface area contributed by atoms with E-state index in [2.05, 4.69) is 16.0 Å². The molecule has 0 atom stereocenters. The van der Waals surface area contributed by atoms with Gasteiger partial charge >= 0.3 is 0 Å². The molecule has 5 nitrogen and oxygen atoms in total. The van der Waals surface area contributed by atoms with Crippen molar-refractivity contribution in [3.8, 4) is 0 Å². The van der Waals surface area contributed by atoms with Crippen LogP contribution in [0.5, 0.6) is 0 Å². The number of amides is 2. The van der Waals surface area contributed by atoms with Crippen LogP contribution in [0.2, 0.25) is 0 Å². The van der Waals surface area contributed by atoms with Crippen molar-refractivity contribution in [2.45, 2.75) is 20.8 Å². The van der Waals surface area contributed by atoms with Crippen LogP contribution in [0.1, 0.15) is 18.1 Å². The van der Waals surface area contributed by atoms with Gasteiger partial charge in [0.2, 0.25) is 11.8 Å². The molecule has 6 heteroatoms. The summed E-state index contributed by atoms with van der Waals surface area (Å²) in [6.45, 7) is 5.24. The molecule has 0 unspecified atom stereocenters. The predicted molar refractivity (Wildman–Crippen MR) is 93.7 cm³/mol. The Balaban J connectivity index is 1.97. The fraction of sp³-hybridized carbons (Fsp3) is 0.222. The number of hydrogen-bond donors (Lipinski definition) is 3. The van der Waals surface area contributed by atoms with E-state index in [1.807, 2.05) is 32.0 Å². The van der Waals surface area contributed by atoms with Gasteiger partial charge in [-0.3, -0.25) is 9.59 Å². The van der Waals surface area contributed by atoms with Gasteiger partial charge in [-0.2, -0.15) is 0 Å². The van der Waals surface area contributed by atoms with Gasteiger partial charge in [0.1, 0.15) is 5.82 Å². The lowest BCUT2D eigenvalue weighted by Crippen LogP contribution is -2.22. The lowest BCUT2D eigenvalue weighted by Gasteiger charge is -2.11. The van der Waals surface area contributed by atoms with Crippen molar-refractivity contribution in [3.05, 3.63) is 53.3 Å². The fourth-order valence-corrected chi connectivity index (χ4v) is 2.25. The molecule has 2 rings (SSSR count). The Morgan fingerprint density at radius 2 is 1.75 bits per heavy atom. The Morgan fingerprint density at radius 1 is 1.00 bits per heavy atom. The van der Waals surface area contributed by atoms with Gasteiger partial charge in [0.05, 0.1) is 12.2 Å². The van der Waals surface area contributed by atoms with Crippen LogP contribution >= 0.6 is 0 Å². The maximum Gasteiger partial charge on any atom is 0.243 e. The molecule has 0 aliphatic heterocycles. The van der Waals surface area contributed by atoms with Crippen molar-refractivity contribution in [2.75, 3.05) is 22.5 Å².